The zero-order valence-corrected chi connectivity index (χ0v) is 11.8. The summed E-state index contributed by atoms with van der Waals surface area (Å²) in [6, 6.07) is 6.31. The second-order valence-corrected chi connectivity index (χ2v) is 3.81. The standard InChI is InChI=1S/C10H13N3O3.C2HF3O2/c1-16-8-4-2-7(3-5-8)13-10(15)12-6-9(11)14;3-2(4,5)1(6)7/h2-5H,6H2,1H3,(H2,11,14)(H2,12,13,15);(H,6,7). The summed E-state index contributed by atoms with van der Waals surface area (Å²) in [4.78, 5) is 30.5. The average molecular weight is 337 g/mol. The van der Waals surface area contributed by atoms with Gasteiger partial charge in [0.2, 0.25) is 5.91 Å². The largest absolute Gasteiger partial charge is 0.497 e. The molecule has 8 nitrogen and oxygen atoms in total. The molecule has 0 fully saturated rings. The summed E-state index contributed by atoms with van der Waals surface area (Å²) in [6.45, 7) is -0.192. The predicted molar refractivity (Wildman–Crippen MR) is 72.9 cm³/mol. The molecule has 0 atom stereocenters. The zero-order valence-electron chi connectivity index (χ0n) is 11.8. The van der Waals surface area contributed by atoms with Crippen molar-refractivity contribution < 1.29 is 37.4 Å². The van der Waals surface area contributed by atoms with Gasteiger partial charge in [-0.15, -0.1) is 0 Å². The molecule has 0 unspecified atom stereocenters. The number of anilines is 1. The van der Waals surface area contributed by atoms with E-state index in [4.69, 9.17) is 20.4 Å². The summed E-state index contributed by atoms with van der Waals surface area (Å²) < 4.78 is 36.7. The molecular formula is C12H14F3N3O5. The van der Waals surface area contributed by atoms with Crippen molar-refractivity contribution in [3.63, 3.8) is 0 Å². The van der Waals surface area contributed by atoms with Crippen LogP contribution in [0.25, 0.3) is 0 Å². The number of nitrogens with two attached hydrogens (primary N) is 1. The molecule has 0 heterocycles. The second kappa shape index (κ2) is 9.12. The molecular weight excluding hydrogens is 323 g/mol. The van der Waals surface area contributed by atoms with Crippen LogP contribution in [0, 0.1) is 0 Å². The van der Waals surface area contributed by atoms with Crippen molar-refractivity contribution in [1.29, 1.82) is 0 Å². The first-order valence-electron chi connectivity index (χ1n) is 5.83. The van der Waals surface area contributed by atoms with Gasteiger partial charge in [-0.1, -0.05) is 0 Å². The third kappa shape index (κ3) is 9.55. The summed E-state index contributed by atoms with van der Waals surface area (Å²) in [6.07, 6.45) is -5.08. The quantitative estimate of drug-likeness (QED) is 0.649. The van der Waals surface area contributed by atoms with Gasteiger partial charge in [0.15, 0.2) is 0 Å². The van der Waals surface area contributed by atoms with Crippen LogP contribution in [-0.4, -0.2) is 42.8 Å². The number of hydrogen-bond donors (Lipinski definition) is 4. The smallest absolute Gasteiger partial charge is 0.490 e. The van der Waals surface area contributed by atoms with E-state index in [1.54, 1.807) is 31.4 Å². The maximum Gasteiger partial charge on any atom is 0.490 e. The fourth-order valence-corrected chi connectivity index (χ4v) is 1.02. The molecule has 23 heavy (non-hydrogen) atoms. The number of aliphatic carboxylic acids is 1. The van der Waals surface area contributed by atoms with Gasteiger partial charge in [0.1, 0.15) is 5.75 Å². The Kier molecular flexibility index (Phi) is 7.94. The van der Waals surface area contributed by atoms with Crippen molar-refractivity contribution in [2.24, 2.45) is 5.73 Å². The first-order chi connectivity index (χ1) is 10.6. The fraction of sp³-hybridized carbons (Fsp3) is 0.250. The molecule has 0 saturated heterocycles. The Morgan fingerprint density at radius 2 is 1.70 bits per heavy atom. The molecule has 1 rings (SSSR count). The minimum Gasteiger partial charge on any atom is -0.497 e. The van der Waals surface area contributed by atoms with Gasteiger partial charge in [-0.25, -0.2) is 9.59 Å². The van der Waals surface area contributed by atoms with E-state index in [2.05, 4.69) is 10.6 Å². The lowest BCUT2D eigenvalue weighted by Gasteiger charge is -2.06. The highest BCUT2D eigenvalue weighted by atomic mass is 19.4. The molecule has 0 aliphatic heterocycles. The van der Waals surface area contributed by atoms with Gasteiger partial charge in [-0.05, 0) is 24.3 Å². The van der Waals surface area contributed by atoms with Crippen molar-refractivity contribution in [1.82, 2.24) is 5.32 Å². The number of hydrogen-bond acceptors (Lipinski definition) is 4. The minimum atomic E-state index is -5.08. The van der Waals surface area contributed by atoms with Crippen LogP contribution >= 0.6 is 0 Å². The van der Waals surface area contributed by atoms with Crippen LogP contribution in [0.3, 0.4) is 0 Å². The highest BCUT2D eigenvalue weighted by Crippen LogP contribution is 2.14. The number of carbonyl (C=O) groups excluding carboxylic acids is 2. The van der Waals surface area contributed by atoms with Crippen LogP contribution in [-0.2, 0) is 9.59 Å². The average Bonchev–Trinajstić information content (AvgIpc) is 2.45. The number of nitrogens with one attached hydrogen (secondary N) is 2. The van der Waals surface area contributed by atoms with Crippen molar-refractivity contribution in [3.8, 4) is 5.75 Å². The maximum atomic E-state index is 11.2. The number of halogens is 3. The number of ether oxygens (including phenoxy) is 1. The van der Waals surface area contributed by atoms with Gasteiger partial charge in [-0.3, -0.25) is 4.79 Å². The summed E-state index contributed by atoms with van der Waals surface area (Å²) >= 11 is 0. The van der Waals surface area contributed by atoms with Crippen LogP contribution in [0.2, 0.25) is 0 Å². The molecule has 0 bridgehead atoms. The number of methoxy groups -OCH3 is 1. The predicted octanol–water partition coefficient (Wildman–Crippen LogP) is 0.935. The Labute approximate surface area is 128 Å². The monoisotopic (exact) mass is 337 g/mol. The lowest BCUT2D eigenvalue weighted by atomic mass is 10.3. The van der Waals surface area contributed by atoms with Gasteiger partial charge in [0.05, 0.1) is 13.7 Å². The Hall–Kier alpha value is -2.98. The topological polar surface area (TPSA) is 131 Å². The first-order valence-corrected chi connectivity index (χ1v) is 5.83. The number of carboxylic acids is 1. The van der Waals surface area contributed by atoms with Gasteiger partial charge < -0.3 is 26.2 Å². The van der Waals surface area contributed by atoms with Crippen LogP contribution in [0.1, 0.15) is 0 Å². The van der Waals surface area contributed by atoms with E-state index < -0.39 is 24.1 Å². The summed E-state index contributed by atoms with van der Waals surface area (Å²) in [5.41, 5.74) is 5.47. The van der Waals surface area contributed by atoms with E-state index in [-0.39, 0.29) is 6.54 Å². The highest BCUT2D eigenvalue weighted by Gasteiger charge is 2.38. The van der Waals surface area contributed by atoms with Crippen molar-refractivity contribution in [2.45, 2.75) is 6.18 Å². The Morgan fingerprint density at radius 3 is 2.04 bits per heavy atom. The van der Waals surface area contributed by atoms with Crippen molar-refractivity contribution in [3.05, 3.63) is 24.3 Å². The van der Waals surface area contributed by atoms with Crippen LogP contribution in [0.5, 0.6) is 5.75 Å². The lowest BCUT2D eigenvalue weighted by molar-refractivity contribution is -0.192. The molecule has 0 saturated carbocycles. The normalized spacial score (nSPS) is 9.91. The third-order valence-corrected chi connectivity index (χ3v) is 2.01. The molecule has 0 radical (unpaired) electrons. The number of benzene rings is 1. The van der Waals surface area contributed by atoms with Crippen LogP contribution in [0.15, 0.2) is 24.3 Å². The molecule has 128 valence electrons. The number of carbonyl (C=O) groups is 3. The van der Waals surface area contributed by atoms with Gasteiger partial charge in [0, 0.05) is 5.69 Å². The van der Waals surface area contributed by atoms with Gasteiger partial charge >= 0.3 is 18.2 Å². The number of carboxylic acid groups (broad SMARTS) is 1. The molecule has 0 aliphatic carbocycles. The molecule has 1 aromatic rings. The second-order valence-electron chi connectivity index (χ2n) is 3.81. The van der Waals surface area contributed by atoms with Crippen molar-refractivity contribution >= 4 is 23.6 Å². The lowest BCUT2D eigenvalue weighted by Crippen LogP contribution is -2.36. The Balaban J connectivity index is 0.000000585. The molecule has 0 aliphatic rings. The van der Waals surface area contributed by atoms with Crippen LogP contribution < -0.4 is 21.1 Å². The first kappa shape index (κ1) is 20.0. The Morgan fingerprint density at radius 1 is 1.22 bits per heavy atom. The number of urea groups is 1. The maximum absolute atomic E-state index is 11.2. The van der Waals surface area contributed by atoms with Crippen LogP contribution in [0.4, 0.5) is 23.7 Å². The molecule has 5 N–H and O–H groups in total. The molecule has 0 aromatic heterocycles. The Bertz CT molecular complexity index is 546. The van der Waals surface area contributed by atoms with Crippen molar-refractivity contribution in [2.75, 3.05) is 19.0 Å². The number of alkyl halides is 3. The summed E-state index contributed by atoms with van der Waals surface area (Å²) in [7, 11) is 1.56. The third-order valence-electron chi connectivity index (χ3n) is 2.01. The number of rotatable bonds is 4. The molecule has 11 heteroatoms. The highest BCUT2D eigenvalue weighted by molar-refractivity contribution is 5.91. The van der Waals surface area contributed by atoms with E-state index in [9.17, 15) is 22.8 Å². The minimum absolute atomic E-state index is 0.192. The van der Waals surface area contributed by atoms with Gasteiger partial charge in [-0.2, -0.15) is 13.2 Å². The molecule has 0 spiro atoms. The van der Waals surface area contributed by atoms with E-state index in [1.165, 1.54) is 0 Å². The SMILES string of the molecule is COc1ccc(NC(=O)NCC(N)=O)cc1.O=C(O)C(F)(F)F. The zero-order chi connectivity index (χ0) is 18.0. The van der Waals surface area contributed by atoms with E-state index in [0.717, 1.165) is 0 Å². The summed E-state index contributed by atoms with van der Waals surface area (Å²) in [5.74, 6) is -2.65. The number of amides is 3. The van der Waals surface area contributed by atoms with Gasteiger partial charge in [0.25, 0.3) is 0 Å². The van der Waals surface area contributed by atoms with E-state index >= 15 is 0 Å². The summed E-state index contributed by atoms with van der Waals surface area (Å²) in [5, 5.41) is 12.0. The molecule has 1 aromatic carbocycles. The fourth-order valence-electron chi connectivity index (χ4n) is 1.02. The van der Waals surface area contributed by atoms with E-state index in [1.807, 2.05) is 0 Å². The molecule has 3 amide bonds. The van der Waals surface area contributed by atoms with E-state index in [0.29, 0.717) is 11.4 Å². The number of primary amides is 1.